The van der Waals surface area contributed by atoms with E-state index in [1.54, 1.807) is 44.6 Å². The van der Waals surface area contributed by atoms with Crippen LogP contribution < -0.4 is 19.6 Å². The van der Waals surface area contributed by atoms with Gasteiger partial charge in [-0.05, 0) is 42.0 Å². The molecule has 3 N–H and O–H groups in total. The van der Waals surface area contributed by atoms with Gasteiger partial charge < -0.3 is 24.3 Å². The van der Waals surface area contributed by atoms with Crippen molar-refractivity contribution in [1.82, 2.24) is 10.4 Å². The van der Waals surface area contributed by atoms with Gasteiger partial charge in [0.15, 0.2) is 11.5 Å². The number of phenolic OH excluding ortho intramolecular Hbond substituents is 1. The molecule has 0 aliphatic rings. The number of hydrogen-bond acceptors (Lipinski definition) is 6. The number of ether oxygens (including phenoxy) is 3. The van der Waals surface area contributed by atoms with Crippen LogP contribution in [0.5, 0.6) is 23.0 Å². The van der Waals surface area contributed by atoms with Gasteiger partial charge in [0.1, 0.15) is 17.2 Å². The van der Waals surface area contributed by atoms with Crippen molar-refractivity contribution < 1.29 is 24.1 Å². The van der Waals surface area contributed by atoms with Crippen molar-refractivity contribution in [3.8, 4) is 23.0 Å². The zero-order chi connectivity index (χ0) is 19.4. The minimum absolute atomic E-state index is 0.0115. The molecule has 1 heterocycles. The van der Waals surface area contributed by atoms with Crippen LogP contribution in [0, 0.1) is 0 Å². The molecule has 0 unspecified atom stereocenters. The molecule has 3 rings (SSSR count). The number of aromatic nitrogens is 1. The fraction of sp³-hybridized carbons (Fsp3) is 0.158. The summed E-state index contributed by atoms with van der Waals surface area (Å²) in [5.41, 5.74) is 4.01. The fourth-order valence-electron chi connectivity index (χ4n) is 2.65. The summed E-state index contributed by atoms with van der Waals surface area (Å²) >= 11 is 0. The number of nitrogens with one attached hydrogen (secondary N) is 2. The number of phenols is 1. The third-order valence-electron chi connectivity index (χ3n) is 3.98. The number of amides is 1. The van der Waals surface area contributed by atoms with E-state index in [9.17, 15) is 9.90 Å². The maximum atomic E-state index is 12.4. The third-order valence-corrected chi connectivity index (χ3v) is 3.98. The van der Waals surface area contributed by atoms with Gasteiger partial charge in [-0.25, -0.2) is 5.43 Å². The lowest BCUT2D eigenvalue weighted by molar-refractivity contribution is 0.0951. The highest BCUT2D eigenvalue weighted by molar-refractivity contribution is 6.01. The normalized spacial score (nSPS) is 10.9. The molecule has 0 spiro atoms. The first-order valence-corrected chi connectivity index (χ1v) is 8.01. The van der Waals surface area contributed by atoms with Crippen molar-refractivity contribution in [2.45, 2.75) is 0 Å². The van der Waals surface area contributed by atoms with Gasteiger partial charge >= 0.3 is 0 Å². The van der Waals surface area contributed by atoms with Crippen molar-refractivity contribution in [3.63, 3.8) is 0 Å². The van der Waals surface area contributed by atoms with E-state index in [0.29, 0.717) is 34.0 Å². The molecule has 1 aromatic heterocycles. The zero-order valence-electron chi connectivity index (χ0n) is 15.1. The predicted octanol–water partition coefficient (Wildman–Crippen LogP) is 2.66. The molecule has 3 aromatic rings. The van der Waals surface area contributed by atoms with Gasteiger partial charge in [0.2, 0.25) is 0 Å². The van der Waals surface area contributed by atoms with Crippen molar-refractivity contribution >= 4 is 23.0 Å². The largest absolute Gasteiger partial charge is 0.504 e. The number of aromatic hydroxyl groups is 1. The molecule has 0 aliphatic heterocycles. The lowest BCUT2D eigenvalue weighted by Gasteiger charge is -2.05. The Kier molecular flexibility index (Phi) is 5.16. The molecular formula is C19H19N3O5. The Morgan fingerprint density at radius 1 is 1.04 bits per heavy atom. The molecular weight excluding hydrogens is 350 g/mol. The molecule has 27 heavy (non-hydrogen) atoms. The second-order valence-electron chi connectivity index (χ2n) is 5.57. The van der Waals surface area contributed by atoms with Crippen molar-refractivity contribution in [3.05, 3.63) is 47.7 Å². The van der Waals surface area contributed by atoms with Gasteiger partial charge in [-0.15, -0.1) is 0 Å². The van der Waals surface area contributed by atoms with Crippen molar-refractivity contribution in [1.29, 1.82) is 0 Å². The van der Waals surface area contributed by atoms with Crippen LogP contribution in [-0.2, 0) is 0 Å². The van der Waals surface area contributed by atoms with Gasteiger partial charge in [0.05, 0.1) is 33.1 Å². The fourth-order valence-corrected chi connectivity index (χ4v) is 2.65. The second kappa shape index (κ2) is 7.69. The Hall–Kier alpha value is -3.68. The molecule has 8 heteroatoms. The molecule has 0 saturated carbocycles. The van der Waals surface area contributed by atoms with E-state index in [4.69, 9.17) is 14.2 Å². The van der Waals surface area contributed by atoms with Gasteiger partial charge in [-0.1, -0.05) is 0 Å². The maximum Gasteiger partial charge on any atom is 0.287 e. The quantitative estimate of drug-likeness (QED) is 0.458. The number of hydrazone groups is 1. The average molecular weight is 369 g/mol. The Labute approximate surface area is 155 Å². The number of hydrogen-bond donors (Lipinski definition) is 3. The number of fused-ring (bicyclic) bond motifs is 1. The molecule has 0 atom stereocenters. The van der Waals surface area contributed by atoms with E-state index in [2.05, 4.69) is 15.5 Å². The Bertz CT molecular complexity index is 969. The Morgan fingerprint density at radius 2 is 1.70 bits per heavy atom. The highest BCUT2D eigenvalue weighted by Gasteiger charge is 2.15. The highest BCUT2D eigenvalue weighted by Crippen LogP contribution is 2.33. The monoisotopic (exact) mass is 369 g/mol. The van der Waals surface area contributed by atoms with Crippen LogP contribution in [0.15, 0.2) is 41.5 Å². The van der Waals surface area contributed by atoms with Crippen LogP contribution in [0.4, 0.5) is 0 Å². The van der Waals surface area contributed by atoms with E-state index in [-0.39, 0.29) is 5.75 Å². The molecule has 0 radical (unpaired) electrons. The van der Waals surface area contributed by atoms with Gasteiger partial charge in [0.25, 0.3) is 5.91 Å². The average Bonchev–Trinajstić information content (AvgIpc) is 3.13. The van der Waals surface area contributed by atoms with Crippen LogP contribution in [0.3, 0.4) is 0 Å². The summed E-state index contributed by atoms with van der Waals surface area (Å²) in [7, 11) is 4.58. The topological polar surface area (TPSA) is 105 Å². The van der Waals surface area contributed by atoms with Gasteiger partial charge in [0, 0.05) is 5.39 Å². The first-order chi connectivity index (χ1) is 13.1. The van der Waals surface area contributed by atoms with Crippen LogP contribution in [0.2, 0.25) is 0 Å². The number of carbonyl (C=O) groups excluding carboxylic acids is 1. The molecule has 1 amide bonds. The summed E-state index contributed by atoms with van der Waals surface area (Å²) in [5.74, 6) is 1.14. The van der Waals surface area contributed by atoms with Crippen LogP contribution in [0.25, 0.3) is 10.9 Å². The predicted molar refractivity (Wildman–Crippen MR) is 101 cm³/mol. The van der Waals surface area contributed by atoms with Crippen LogP contribution >= 0.6 is 0 Å². The number of benzene rings is 2. The summed E-state index contributed by atoms with van der Waals surface area (Å²) in [6.45, 7) is 0. The number of methoxy groups -OCH3 is 3. The van der Waals surface area contributed by atoms with Crippen molar-refractivity contribution in [2.75, 3.05) is 21.3 Å². The number of rotatable bonds is 6. The highest BCUT2D eigenvalue weighted by atomic mass is 16.5. The Balaban J connectivity index is 1.79. The van der Waals surface area contributed by atoms with E-state index in [1.807, 2.05) is 0 Å². The van der Waals surface area contributed by atoms with Crippen LogP contribution in [-0.4, -0.2) is 43.5 Å². The van der Waals surface area contributed by atoms with Crippen molar-refractivity contribution in [2.24, 2.45) is 5.10 Å². The molecule has 0 fully saturated rings. The maximum absolute atomic E-state index is 12.4. The number of aromatic amines is 1. The first kappa shape index (κ1) is 18.1. The summed E-state index contributed by atoms with van der Waals surface area (Å²) in [6, 6.07) is 9.98. The Morgan fingerprint density at radius 3 is 2.37 bits per heavy atom. The minimum atomic E-state index is -0.427. The van der Waals surface area contributed by atoms with E-state index in [0.717, 1.165) is 5.39 Å². The lowest BCUT2D eigenvalue weighted by Crippen LogP contribution is -2.17. The zero-order valence-corrected chi connectivity index (χ0v) is 15.1. The van der Waals surface area contributed by atoms with E-state index < -0.39 is 5.91 Å². The summed E-state index contributed by atoms with van der Waals surface area (Å²) in [6.07, 6.45) is 1.42. The summed E-state index contributed by atoms with van der Waals surface area (Å²) in [5, 5.41) is 14.4. The SMILES string of the molecule is COc1ccc(/C=N\NC(=O)c2cc3c(OC)ccc(OC)c3[nH]2)cc1O. The molecule has 0 aliphatic carbocycles. The number of carbonyl (C=O) groups is 1. The molecule has 2 aromatic carbocycles. The van der Waals surface area contributed by atoms with Gasteiger partial charge in [-0.3, -0.25) is 4.79 Å². The number of nitrogens with zero attached hydrogens (tertiary/aromatic N) is 1. The third kappa shape index (κ3) is 3.64. The van der Waals surface area contributed by atoms with E-state index >= 15 is 0 Å². The molecule has 0 bridgehead atoms. The lowest BCUT2D eigenvalue weighted by atomic mass is 10.2. The second-order valence-corrected chi connectivity index (χ2v) is 5.57. The van der Waals surface area contributed by atoms with Crippen LogP contribution in [0.1, 0.15) is 16.1 Å². The molecule has 140 valence electrons. The summed E-state index contributed by atoms with van der Waals surface area (Å²) in [4.78, 5) is 15.4. The number of H-pyrrole nitrogens is 1. The first-order valence-electron chi connectivity index (χ1n) is 8.01. The van der Waals surface area contributed by atoms with Gasteiger partial charge in [-0.2, -0.15) is 5.10 Å². The molecule has 0 saturated heterocycles. The molecule has 8 nitrogen and oxygen atoms in total. The smallest absolute Gasteiger partial charge is 0.287 e. The van der Waals surface area contributed by atoms with E-state index in [1.165, 1.54) is 19.4 Å². The minimum Gasteiger partial charge on any atom is -0.504 e. The standard InChI is InChI=1S/C19H19N3O5/c1-25-15-6-7-17(27-3)18-12(15)9-13(21-18)19(24)22-20-10-11-4-5-16(26-2)14(23)8-11/h4-10,21,23H,1-3H3,(H,22,24)/b20-10-. The summed E-state index contributed by atoms with van der Waals surface area (Å²) < 4.78 is 15.6.